The number of benzene rings is 4. The number of nitrogens with zero attached hydrogens (tertiary/aromatic N) is 2. The van der Waals surface area contributed by atoms with Crippen molar-refractivity contribution >= 4 is 34.1 Å². The molecule has 6 rings (SSSR count). The summed E-state index contributed by atoms with van der Waals surface area (Å²) in [5.74, 6) is 0.616. The van der Waals surface area contributed by atoms with Crippen molar-refractivity contribution in [3.05, 3.63) is 135 Å². The Bertz CT molecular complexity index is 1830. The molecule has 0 bridgehead atoms. The first kappa shape index (κ1) is 26.5. The molecule has 1 aromatic heterocycles. The number of hydrazone groups is 1. The Labute approximate surface area is 242 Å². The van der Waals surface area contributed by atoms with Crippen LogP contribution in [-0.4, -0.2) is 28.7 Å². The minimum absolute atomic E-state index is 0.186. The molecule has 1 aliphatic rings. The van der Waals surface area contributed by atoms with Crippen LogP contribution in [0.4, 0.5) is 0 Å². The molecule has 0 spiro atoms. The predicted octanol–water partition coefficient (Wildman–Crippen LogP) is 7.15. The molecule has 0 fully saturated rings. The van der Waals surface area contributed by atoms with Crippen molar-refractivity contribution < 1.29 is 9.53 Å². The standard InChI is InChI=1S/C34H28ClN3O3/c1-21(39)38-32(25-10-8-23(9-11-25)24-12-15-27(41-2)16-13-24)20-31(37-38)33-29(18-22-6-4-3-5-7-22)28-19-26(35)14-17-30(28)36-34(33)40/h3-17,19,32H,18,20H2,1-2H3,(H,36,40). The Morgan fingerprint density at radius 1 is 0.976 bits per heavy atom. The zero-order valence-corrected chi connectivity index (χ0v) is 23.5. The number of hydrogen-bond donors (Lipinski definition) is 1. The van der Waals surface area contributed by atoms with Gasteiger partial charge in [-0.3, -0.25) is 9.59 Å². The van der Waals surface area contributed by atoms with E-state index >= 15 is 0 Å². The number of ether oxygens (including phenoxy) is 1. The molecule has 41 heavy (non-hydrogen) atoms. The molecule has 0 saturated heterocycles. The summed E-state index contributed by atoms with van der Waals surface area (Å²) in [7, 11) is 1.65. The summed E-state index contributed by atoms with van der Waals surface area (Å²) >= 11 is 6.40. The highest BCUT2D eigenvalue weighted by atomic mass is 35.5. The van der Waals surface area contributed by atoms with Crippen molar-refractivity contribution in [1.29, 1.82) is 0 Å². The first-order valence-corrected chi connectivity index (χ1v) is 13.8. The van der Waals surface area contributed by atoms with Gasteiger partial charge >= 0.3 is 0 Å². The number of aromatic amines is 1. The maximum absolute atomic E-state index is 13.6. The molecule has 1 atom stereocenters. The molecule has 0 aliphatic carbocycles. The lowest BCUT2D eigenvalue weighted by atomic mass is 9.91. The fourth-order valence-corrected chi connectivity index (χ4v) is 5.68. The molecule has 0 saturated carbocycles. The SMILES string of the molecule is COc1ccc(-c2ccc(C3CC(c4c(Cc5ccccc5)c5cc(Cl)ccc5[nH]c4=O)=NN3C(C)=O)cc2)cc1. The van der Waals surface area contributed by atoms with Crippen molar-refractivity contribution in [3.8, 4) is 16.9 Å². The van der Waals surface area contributed by atoms with Crippen molar-refractivity contribution in [2.75, 3.05) is 7.11 Å². The molecule has 1 aliphatic heterocycles. The number of methoxy groups -OCH3 is 1. The molecule has 6 nitrogen and oxygen atoms in total. The van der Waals surface area contributed by atoms with Crippen LogP contribution in [0.15, 0.2) is 107 Å². The first-order chi connectivity index (χ1) is 19.9. The van der Waals surface area contributed by atoms with E-state index in [2.05, 4.69) is 4.98 Å². The highest BCUT2D eigenvalue weighted by Crippen LogP contribution is 2.35. The van der Waals surface area contributed by atoms with Gasteiger partial charge in [-0.1, -0.05) is 78.3 Å². The Morgan fingerprint density at radius 2 is 1.66 bits per heavy atom. The number of pyridine rings is 1. The van der Waals surface area contributed by atoms with E-state index in [1.165, 1.54) is 11.9 Å². The fourth-order valence-electron chi connectivity index (χ4n) is 5.51. The van der Waals surface area contributed by atoms with E-state index < -0.39 is 0 Å². The summed E-state index contributed by atoms with van der Waals surface area (Å²) < 4.78 is 5.27. The van der Waals surface area contributed by atoms with E-state index in [1.807, 2.05) is 91.0 Å². The number of fused-ring (bicyclic) bond motifs is 1. The second-order valence-corrected chi connectivity index (χ2v) is 10.6. The number of aromatic nitrogens is 1. The molecule has 0 radical (unpaired) electrons. The van der Waals surface area contributed by atoms with Crippen molar-refractivity contribution in [2.45, 2.75) is 25.8 Å². The molecule has 7 heteroatoms. The van der Waals surface area contributed by atoms with Crippen molar-refractivity contribution in [1.82, 2.24) is 9.99 Å². The molecular weight excluding hydrogens is 534 g/mol. The van der Waals surface area contributed by atoms with Crippen LogP contribution in [0.25, 0.3) is 22.0 Å². The number of hydrogen-bond acceptors (Lipinski definition) is 4. The number of H-pyrrole nitrogens is 1. The second-order valence-electron chi connectivity index (χ2n) is 10.1. The molecule has 1 amide bonds. The molecule has 204 valence electrons. The van der Waals surface area contributed by atoms with Crippen LogP contribution >= 0.6 is 11.6 Å². The Kier molecular flexibility index (Phi) is 7.16. The van der Waals surface area contributed by atoms with Crippen LogP contribution in [0.2, 0.25) is 5.02 Å². The number of carbonyl (C=O) groups is 1. The van der Waals surface area contributed by atoms with Gasteiger partial charge in [0.05, 0.1) is 24.4 Å². The van der Waals surface area contributed by atoms with Crippen LogP contribution in [0.3, 0.4) is 0 Å². The number of amides is 1. The molecule has 4 aromatic carbocycles. The van der Waals surface area contributed by atoms with E-state index in [9.17, 15) is 9.59 Å². The number of nitrogens with one attached hydrogen (secondary N) is 1. The van der Waals surface area contributed by atoms with Gasteiger partial charge in [-0.25, -0.2) is 5.01 Å². The van der Waals surface area contributed by atoms with E-state index in [-0.39, 0.29) is 17.5 Å². The van der Waals surface area contributed by atoms with E-state index in [0.717, 1.165) is 39.0 Å². The van der Waals surface area contributed by atoms with Gasteiger partial charge in [0.1, 0.15) is 5.75 Å². The van der Waals surface area contributed by atoms with Gasteiger partial charge in [0.2, 0.25) is 5.91 Å². The van der Waals surface area contributed by atoms with E-state index in [1.54, 1.807) is 13.2 Å². The topological polar surface area (TPSA) is 74.8 Å². The Balaban J connectivity index is 1.40. The smallest absolute Gasteiger partial charge is 0.257 e. The third-order valence-electron chi connectivity index (χ3n) is 7.55. The van der Waals surface area contributed by atoms with E-state index in [4.69, 9.17) is 21.4 Å². The van der Waals surface area contributed by atoms with Crippen LogP contribution < -0.4 is 10.3 Å². The molecule has 1 unspecified atom stereocenters. The lowest BCUT2D eigenvalue weighted by Crippen LogP contribution is -2.24. The fraction of sp³-hybridized carbons (Fsp3) is 0.147. The normalized spacial score (nSPS) is 14.8. The lowest BCUT2D eigenvalue weighted by Gasteiger charge is -2.20. The third-order valence-corrected chi connectivity index (χ3v) is 7.78. The molecular formula is C34H28ClN3O3. The summed E-state index contributed by atoms with van der Waals surface area (Å²) in [6.45, 7) is 1.50. The lowest BCUT2D eigenvalue weighted by molar-refractivity contribution is -0.130. The first-order valence-electron chi connectivity index (χ1n) is 13.4. The summed E-state index contributed by atoms with van der Waals surface area (Å²) in [5, 5.41) is 7.68. The third kappa shape index (κ3) is 5.26. The maximum Gasteiger partial charge on any atom is 0.257 e. The molecule has 2 heterocycles. The largest absolute Gasteiger partial charge is 0.497 e. The number of carbonyl (C=O) groups excluding carboxylic acids is 1. The predicted molar refractivity (Wildman–Crippen MR) is 164 cm³/mol. The summed E-state index contributed by atoms with van der Waals surface area (Å²) in [6, 6.07) is 31.1. The van der Waals surface area contributed by atoms with Crippen LogP contribution in [0, 0.1) is 0 Å². The van der Waals surface area contributed by atoms with Crippen LogP contribution in [0.1, 0.15) is 41.6 Å². The summed E-state index contributed by atoms with van der Waals surface area (Å²) in [6.07, 6.45) is 0.940. The second kappa shape index (κ2) is 11.1. The van der Waals surface area contributed by atoms with Gasteiger partial charge in [-0.15, -0.1) is 0 Å². The minimum atomic E-state index is -0.327. The highest BCUT2D eigenvalue weighted by Gasteiger charge is 2.34. The van der Waals surface area contributed by atoms with Crippen LogP contribution in [0.5, 0.6) is 5.75 Å². The van der Waals surface area contributed by atoms with Gasteiger partial charge < -0.3 is 9.72 Å². The summed E-state index contributed by atoms with van der Waals surface area (Å²) in [4.78, 5) is 29.4. The van der Waals surface area contributed by atoms with Crippen molar-refractivity contribution in [2.24, 2.45) is 5.10 Å². The summed E-state index contributed by atoms with van der Waals surface area (Å²) in [5.41, 5.74) is 6.52. The molecule has 1 N–H and O–H groups in total. The zero-order chi connectivity index (χ0) is 28.5. The van der Waals surface area contributed by atoms with Crippen LogP contribution in [-0.2, 0) is 11.2 Å². The highest BCUT2D eigenvalue weighted by molar-refractivity contribution is 6.31. The van der Waals surface area contributed by atoms with Gasteiger partial charge in [0.25, 0.3) is 5.56 Å². The van der Waals surface area contributed by atoms with Gasteiger partial charge in [0.15, 0.2) is 0 Å². The number of rotatable bonds is 6. The average molecular weight is 562 g/mol. The maximum atomic E-state index is 13.6. The Morgan fingerprint density at radius 3 is 2.32 bits per heavy atom. The Hall–Kier alpha value is -4.68. The van der Waals surface area contributed by atoms with E-state index in [0.29, 0.717) is 34.7 Å². The van der Waals surface area contributed by atoms with Crippen molar-refractivity contribution in [3.63, 3.8) is 0 Å². The quantitative estimate of drug-likeness (QED) is 0.239. The minimum Gasteiger partial charge on any atom is -0.497 e. The van der Waals surface area contributed by atoms with Gasteiger partial charge in [-0.2, -0.15) is 5.10 Å². The number of halogens is 1. The van der Waals surface area contributed by atoms with Gasteiger partial charge in [-0.05, 0) is 64.6 Å². The average Bonchev–Trinajstić information content (AvgIpc) is 3.44. The van der Waals surface area contributed by atoms with Gasteiger partial charge in [0, 0.05) is 29.3 Å². The molecule has 5 aromatic rings. The monoisotopic (exact) mass is 561 g/mol. The zero-order valence-electron chi connectivity index (χ0n) is 22.7.